The van der Waals surface area contributed by atoms with E-state index in [2.05, 4.69) is 15.3 Å². The standard InChI is InChI=1S/C21H25F4N3O2/c1-13-27-16(8-3-4-9-22)17(20-29-10-11-30-20)19(28-13)26-12-14-6-5-7-15(18(14)23)21(2,24)25/h5-7,20H,3-4,8-12H2,1-2H3,(H,26,27,28). The molecule has 3 rings (SSSR count). The third-order valence-electron chi connectivity index (χ3n) is 4.79. The van der Waals surface area contributed by atoms with Gasteiger partial charge < -0.3 is 14.8 Å². The highest BCUT2D eigenvalue weighted by molar-refractivity contribution is 5.49. The molecule has 0 aliphatic carbocycles. The number of nitrogens with one attached hydrogen (secondary N) is 1. The number of aryl methyl sites for hydroxylation is 2. The molecule has 0 saturated carbocycles. The van der Waals surface area contributed by atoms with Crippen LogP contribution in [0.2, 0.25) is 0 Å². The van der Waals surface area contributed by atoms with Crippen LogP contribution in [0.5, 0.6) is 0 Å². The molecule has 1 aromatic carbocycles. The second kappa shape index (κ2) is 9.70. The van der Waals surface area contributed by atoms with Crippen molar-refractivity contribution in [1.29, 1.82) is 0 Å². The van der Waals surface area contributed by atoms with Gasteiger partial charge in [0.15, 0.2) is 6.29 Å². The molecule has 9 heteroatoms. The second-order valence-corrected chi connectivity index (χ2v) is 7.22. The van der Waals surface area contributed by atoms with Gasteiger partial charge in [0.25, 0.3) is 5.92 Å². The molecule has 1 aliphatic heterocycles. The highest BCUT2D eigenvalue weighted by Crippen LogP contribution is 2.33. The van der Waals surface area contributed by atoms with Crippen LogP contribution in [0.15, 0.2) is 18.2 Å². The van der Waals surface area contributed by atoms with E-state index in [4.69, 9.17) is 9.47 Å². The number of hydrogen-bond acceptors (Lipinski definition) is 5. The Hall–Kier alpha value is -2.26. The summed E-state index contributed by atoms with van der Waals surface area (Å²) in [5.74, 6) is -3.38. The van der Waals surface area contributed by atoms with Crippen LogP contribution in [0, 0.1) is 12.7 Å². The van der Waals surface area contributed by atoms with Crippen LogP contribution in [0.1, 0.15) is 54.3 Å². The summed E-state index contributed by atoms with van der Waals surface area (Å²) in [5, 5.41) is 3.03. The van der Waals surface area contributed by atoms with Crippen molar-refractivity contribution in [3.05, 3.63) is 52.2 Å². The number of nitrogens with zero attached hydrogens (tertiary/aromatic N) is 2. The Morgan fingerprint density at radius 3 is 2.57 bits per heavy atom. The van der Waals surface area contributed by atoms with Crippen LogP contribution in [-0.2, 0) is 28.4 Å². The van der Waals surface area contributed by atoms with E-state index in [0.717, 1.165) is 6.07 Å². The summed E-state index contributed by atoms with van der Waals surface area (Å²) >= 11 is 0. The summed E-state index contributed by atoms with van der Waals surface area (Å²) in [6, 6.07) is 3.91. The molecule has 2 aromatic rings. The summed E-state index contributed by atoms with van der Waals surface area (Å²) in [4.78, 5) is 8.86. The van der Waals surface area contributed by atoms with Gasteiger partial charge in [0.05, 0.1) is 36.7 Å². The van der Waals surface area contributed by atoms with Gasteiger partial charge in [-0.3, -0.25) is 4.39 Å². The van der Waals surface area contributed by atoms with E-state index in [1.165, 1.54) is 12.1 Å². The monoisotopic (exact) mass is 427 g/mol. The third-order valence-corrected chi connectivity index (χ3v) is 4.79. The minimum Gasteiger partial charge on any atom is -0.365 e. The van der Waals surface area contributed by atoms with Crippen molar-refractivity contribution in [3.63, 3.8) is 0 Å². The minimum atomic E-state index is -3.29. The van der Waals surface area contributed by atoms with E-state index in [1.54, 1.807) is 6.92 Å². The molecule has 0 amide bonds. The van der Waals surface area contributed by atoms with Gasteiger partial charge in [-0.15, -0.1) is 0 Å². The molecule has 1 aromatic heterocycles. The lowest BCUT2D eigenvalue weighted by Gasteiger charge is -2.20. The number of aromatic nitrogens is 2. The number of halogens is 4. The van der Waals surface area contributed by atoms with E-state index in [1.807, 2.05) is 0 Å². The maximum atomic E-state index is 14.6. The first-order valence-electron chi connectivity index (χ1n) is 9.87. The Kier molecular flexibility index (Phi) is 7.25. The van der Waals surface area contributed by atoms with E-state index >= 15 is 0 Å². The van der Waals surface area contributed by atoms with Gasteiger partial charge in [0.2, 0.25) is 0 Å². The Morgan fingerprint density at radius 2 is 1.90 bits per heavy atom. The van der Waals surface area contributed by atoms with Crippen LogP contribution in [0.4, 0.5) is 23.4 Å². The highest BCUT2D eigenvalue weighted by atomic mass is 19.3. The Bertz CT molecular complexity index is 868. The van der Waals surface area contributed by atoms with E-state index < -0.39 is 30.3 Å². The van der Waals surface area contributed by atoms with Gasteiger partial charge in [0, 0.05) is 19.0 Å². The van der Waals surface area contributed by atoms with E-state index in [0.29, 0.717) is 62.3 Å². The molecule has 1 aliphatic rings. The smallest absolute Gasteiger partial charge is 0.273 e. The molecule has 1 N–H and O–H groups in total. The molecule has 0 bridgehead atoms. The molecular formula is C21H25F4N3O2. The van der Waals surface area contributed by atoms with Gasteiger partial charge in [0.1, 0.15) is 17.5 Å². The first-order valence-corrected chi connectivity index (χ1v) is 9.87. The number of rotatable bonds is 9. The first-order chi connectivity index (χ1) is 14.3. The Morgan fingerprint density at radius 1 is 1.17 bits per heavy atom. The van der Waals surface area contributed by atoms with Crippen molar-refractivity contribution < 1.29 is 27.0 Å². The maximum absolute atomic E-state index is 14.6. The van der Waals surface area contributed by atoms with Crippen LogP contribution in [-0.4, -0.2) is 29.9 Å². The topological polar surface area (TPSA) is 56.3 Å². The first kappa shape index (κ1) is 22.4. The zero-order valence-electron chi connectivity index (χ0n) is 17.0. The number of unbranched alkanes of at least 4 members (excludes halogenated alkanes) is 1. The summed E-state index contributed by atoms with van der Waals surface area (Å²) in [6.45, 7) is 2.71. The van der Waals surface area contributed by atoms with Crippen LogP contribution < -0.4 is 5.32 Å². The molecule has 1 saturated heterocycles. The molecule has 0 spiro atoms. The predicted molar refractivity (Wildman–Crippen MR) is 104 cm³/mol. The SMILES string of the molecule is Cc1nc(CCCCF)c(C2OCCO2)c(NCc2cccc(C(C)(F)F)c2F)n1. The maximum Gasteiger partial charge on any atom is 0.273 e. The average molecular weight is 427 g/mol. The summed E-state index contributed by atoms with van der Waals surface area (Å²) in [6.07, 6.45) is 0.811. The third kappa shape index (κ3) is 5.26. The normalized spacial score (nSPS) is 15.0. The van der Waals surface area contributed by atoms with E-state index in [9.17, 15) is 17.6 Å². The van der Waals surface area contributed by atoms with Crippen molar-refractivity contribution >= 4 is 5.82 Å². The fourth-order valence-corrected chi connectivity index (χ4v) is 3.36. The van der Waals surface area contributed by atoms with Crippen molar-refractivity contribution in [2.24, 2.45) is 0 Å². The molecule has 164 valence electrons. The predicted octanol–water partition coefficient (Wildman–Crippen LogP) is 4.99. The fraction of sp³-hybridized carbons (Fsp3) is 0.524. The lowest BCUT2D eigenvalue weighted by atomic mass is 10.0. The van der Waals surface area contributed by atoms with Crippen molar-refractivity contribution in [1.82, 2.24) is 9.97 Å². The molecule has 0 radical (unpaired) electrons. The Balaban J connectivity index is 1.90. The van der Waals surface area contributed by atoms with Crippen molar-refractivity contribution in [2.75, 3.05) is 25.2 Å². The number of anilines is 1. The molecule has 30 heavy (non-hydrogen) atoms. The molecular weight excluding hydrogens is 402 g/mol. The Labute approximate surface area is 172 Å². The molecule has 0 unspecified atom stereocenters. The van der Waals surface area contributed by atoms with Gasteiger partial charge in [-0.05, 0) is 26.2 Å². The summed E-state index contributed by atoms with van der Waals surface area (Å²) < 4.78 is 65.6. The second-order valence-electron chi connectivity index (χ2n) is 7.22. The van der Waals surface area contributed by atoms with Crippen LogP contribution in [0.25, 0.3) is 0 Å². The van der Waals surface area contributed by atoms with Crippen molar-refractivity contribution in [3.8, 4) is 0 Å². The van der Waals surface area contributed by atoms with Gasteiger partial charge in [-0.1, -0.05) is 18.2 Å². The zero-order valence-corrected chi connectivity index (χ0v) is 17.0. The molecule has 5 nitrogen and oxygen atoms in total. The number of hydrogen-bond donors (Lipinski definition) is 1. The van der Waals surface area contributed by atoms with Gasteiger partial charge in [-0.2, -0.15) is 0 Å². The molecule has 2 heterocycles. The lowest BCUT2D eigenvalue weighted by molar-refractivity contribution is -0.0447. The quantitative estimate of drug-likeness (QED) is 0.452. The van der Waals surface area contributed by atoms with E-state index in [-0.39, 0.29) is 12.1 Å². The van der Waals surface area contributed by atoms with Gasteiger partial charge in [-0.25, -0.2) is 23.1 Å². The van der Waals surface area contributed by atoms with Crippen molar-refractivity contribution in [2.45, 2.75) is 51.9 Å². The fourth-order valence-electron chi connectivity index (χ4n) is 3.36. The number of benzene rings is 1. The van der Waals surface area contributed by atoms with Crippen LogP contribution >= 0.6 is 0 Å². The number of alkyl halides is 3. The largest absolute Gasteiger partial charge is 0.365 e. The molecule has 0 atom stereocenters. The zero-order chi connectivity index (χ0) is 21.7. The highest BCUT2D eigenvalue weighted by Gasteiger charge is 2.30. The number of ether oxygens (including phenoxy) is 2. The minimum absolute atomic E-state index is 0.0597. The molecule has 1 fully saturated rings. The summed E-state index contributed by atoms with van der Waals surface area (Å²) in [7, 11) is 0. The summed E-state index contributed by atoms with van der Waals surface area (Å²) in [5.41, 5.74) is 0.674. The average Bonchev–Trinajstić information content (AvgIpc) is 3.20. The van der Waals surface area contributed by atoms with Gasteiger partial charge >= 0.3 is 0 Å². The lowest BCUT2D eigenvalue weighted by Crippen LogP contribution is -2.16. The van der Waals surface area contributed by atoms with Crippen LogP contribution in [0.3, 0.4) is 0 Å².